The summed E-state index contributed by atoms with van der Waals surface area (Å²) in [6, 6.07) is 12.1. The Labute approximate surface area is 176 Å². The zero-order valence-corrected chi connectivity index (χ0v) is 17.8. The number of hydrogen-bond acceptors (Lipinski definition) is 8. The van der Waals surface area contributed by atoms with Crippen LogP contribution in [0, 0.1) is 0 Å². The molecule has 0 spiro atoms. The van der Waals surface area contributed by atoms with E-state index in [1.165, 1.54) is 5.69 Å². The van der Waals surface area contributed by atoms with E-state index in [-0.39, 0.29) is 6.04 Å². The molecule has 1 aliphatic rings. The number of aromatic nitrogens is 2. The normalized spacial score (nSPS) is 16.6. The van der Waals surface area contributed by atoms with E-state index >= 15 is 0 Å². The molecule has 1 fully saturated rings. The van der Waals surface area contributed by atoms with Crippen molar-refractivity contribution in [3.63, 3.8) is 0 Å². The van der Waals surface area contributed by atoms with Gasteiger partial charge in [0.05, 0.1) is 26.8 Å². The van der Waals surface area contributed by atoms with Gasteiger partial charge in [0.25, 0.3) is 0 Å². The highest BCUT2D eigenvalue weighted by Crippen LogP contribution is 2.34. The van der Waals surface area contributed by atoms with E-state index in [4.69, 9.17) is 24.9 Å². The third-order valence-electron chi connectivity index (χ3n) is 5.53. The lowest BCUT2D eigenvalue weighted by Crippen LogP contribution is -2.52. The molecule has 0 radical (unpaired) electrons. The van der Waals surface area contributed by atoms with Crippen LogP contribution in [0.15, 0.2) is 36.4 Å². The summed E-state index contributed by atoms with van der Waals surface area (Å²) in [4.78, 5) is 13.9. The number of fused-ring (bicyclic) bond motifs is 1. The second kappa shape index (κ2) is 8.14. The topological polar surface area (TPSA) is 86.0 Å². The number of nitrogens with two attached hydrogens (primary N) is 1. The van der Waals surface area contributed by atoms with Crippen LogP contribution in [0.3, 0.4) is 0 Å². The molecule has 4 rings (SSSR count). The van der Waals surface area contributed by atoms with Gasteiger partial charge in [-0.3, -0.25) is 0 Å². The second-order valence-electron chi connectivity index (χ2n) is 7.32. The summed E-state index contributed by atoms with van der Waals surface area (Å²) in [6.45, 7) is 4.66. The van der Waals surface area contributed by atoms with Gasteiger partial charge in [-0.05, 0) is 37.3 Å². The van der Waals surface area contributed by atoms with Crippen molar-refractivity contribution in [3.8, 4) is 17.2 Å². The van der Waals surface area contributed by atoms with Crippen LogP contribution in [0.4, 0.5) is 17.5 Å². The number of hydrogen-bond donors (Lipinski definition) is 1. The van der Waals surface area contributed by atoms with E-state index in [2.05, 4.69) is 33.8 Å². The van der Waals surface area contributed by atoms with Crippen LogP contribution in [-0.2, 0) is 0 Å². The zero-order chi connectivity index (χ0) is 21.3. The highest BCUT2D eigenvalue weighted by Gasteiger charge is 2.26. The largest absolute Gasteiger partial charge is 0.497 e. The van der Waals surface area contributed by atoms with Crippen LogP contribution in [0.5, 0.6) is 17.2 Å². The van der Waals surface area contributed by atoms with Gasteiger partial charge in [0, 0.05) is 42.8 Å². The van der Waals surface area contributed by atoms with Crippen molar-refractivity contribution in [2.75, 3.05) is 56.5 Å². The highest BCUT2D eigenvalue weighted by atomic mass is 16.5. The number of rotatable bonds is 5. The Hall–Kier alpha value is -3.42. The first-order valence-corrected chi connectivity index (χ1v) is 9.89. The predicted molar refractivity (Wildman–Crippen MR) is 119 cm³/mol. The van der Waals surface area contributed by atoms with Crippen molar-refractivity contribution in [2.24, 2.45) is 0 Å². The maximum Gasteiger partial charge on any atom is 0.228 e. The lowest BCUT2D eigenvalue weighted by atomic mass is 10.1. The number of ether oxygens (including phenoxy) is 3. The van der Waals surface area contributed by atoms with Crippen LogP contribution in [0.1, 0.15) is 6.92 Å². The van der Waals surface area contributed by atoms with E-state index in [1.807, 2.05) is 24.3 Å². The van der Waals surface area contributed by atoms with Gasteiger partial charge in [-0.1, -0.05) is 0 Å². The summed E-state index contributed by atoms with van der Waals surface area (Å²) in [7, 11) is 4.88. The van der Waals surface area contributed by atoms with Gasteiger partial charge in [0.2, 0.25) is 5.95 Å². The van der Waals surface area contributed by atoms with Gasteiger partial charge < -0.3 is 29.7 Å². The number of methoxy groups -OCH3 is 3. The van der Waals surface area contributed by atoms with E-state index in [1.54, 1.807) is 21.3 Å². The first-order chi connectivity index (χ1) is 14.5. The summed E-state index contributed by atoms with van der Waals surface area (Å²) in [5.41, 5.74) is 8.18. The number of anilines is 3. The Morgan fingerprint density at radius 1 is 0.933 bits per heavy atom. The molecule has 8 heteroatoms. The Morgan fingerprint density at radius 3 is 2.27 bits per heavy atom. The molecule has 8 nitrogen and oxygen atoms in total. The molecule has 2 heterocycles. The van der Waals surface area contributed by atoms with Gasteiger partial charge in [-0.2, -0.15) is 4.98 Å². The molecule has 1 aliphatic heterocycles. The minimum Gasteiger partial charge on any atom is -0.497 e. The highest BCUT2D eigenvalue weighted by molar-refractivity contribution is 5.91. The molecule has 0 aliphatic carbocycles. The SMILES string of the molecule is COc1ccc(N2CCN(c3nc(N)c4cc(OC)c(OC)cc4n3)CC2C)cc1. The van der Waals surface area contributed by atoms with Crippen molar-refractivity contribution >= 4 is 28.4 Å². The van der Waals surface area contributed by atoms with Gasteiger partial charge in [0.1, 0.15) is 11.6 Å². The van der Waals surface area contributed by atoms with Crippen molar-refractivity contribution in [1.82, 2.24) is 9.97 Å². The van der Waals surface area contributed by atoms with Crippen LogP contribution in [-0.4, -0.2) is 57.0 Å². The quantitative estimate of drug-likeness (QED) is 0.688. The van der Waals surface area contributed by atoms with Crippen LogP contribution < -0.4 is 29.7 Å². The molecule has 1 aromatic heterocycles. The Balaban J connectivity index is 1.58. The molecular formula is C22H27N5O3. The van der Waals surface area contributed by atoms with Crippen LogP contribution in [0.25, 0.3) is 10.9 Å². The van der Waals surface area contributed by atoms with Gasteiger partial charge >= 0.3 is 0 Å². The molecule has 3 aromatic rings. The number of nitrogen functional groups attached to an aromatic ring is 1. The molecule has 2 aromatic carbocycles. The van der Waals surface area contributed by atoms with Crippen LogP contribution in [0.2, 0.25) is 0 Å². The standard InChI is InChI=1S/C22H27N5O3/c1-14-13-26(9-10-27(14)15-5-7-16(28-2)8-6-15)22-24-18-12-20(30-4)19(29-3)11-17(18)21(23)25-22/h5-8,11-12,14H,9-10,13H2,1-4H3,(H2,23,24,25). The maximum atomic E-state index is 6.26. The van der Waals surface area contributed by atoms with Gasteiger partial charge in [-0.25, -0.2) is 4.98 Å². The van der Waals surface area contributed by atoms with E-state index < -0.39 is 0 Å². The fourth-order valence-corrected chi connectivity index (χ4v) is 3.90. The Kier molecular flexibility index (Phi) is 5.39. The minimum atomic E-state index is 0.290. The van der Waals surface area contributed by atoms with Crippen molar-refractivity contribution < 1.29 is 14.2 Å². The second-order valence-corrected chi connectivity index (χ2v) is 7.32. The number of benzene rings is 2. The average molecular weight is 409 g/mol. The van der Waals surface area contributed by atoms with E-state index in [9.17, 15) is 0 Å². The van der Waals surface area contributed by atoms with Crippen molar-refractivity contribution in [2.45, 2.75) is 13.0 Å². The van der Waals surface area contributed by atoms with Crippen molar-refractivity contribution in [1.29, 1.82) is 0 Å². The molecule has 1 saturated heterocycles. The fourth-order valence-electron chi connectivity index (χ4n) is 3.90. The Morgan fingerprint density at radius 2 is 1.63 bits per heavy atom. The Bertz CT molecular complexity index is 1040. The molecule has 1 unspecified atom stereocenters. The lowest BCUT2D eigenvalue weighted by molar-refractivity contribution is 0.356. The summed E-state index contributed by atoms with van der Waals surface area (Å²) in [5, 5.41) is 0.751. The molecule has 0 saturated carbocycles. The molecule has 1 atom stereocenters. The lowest BCUT2D eigenvalue weighted by Gasteiger charge is -2.41. The minimum absolute atomic E-state index is 0.290. The molecule has 2 N–H and O–H groups in total. The van der Waals surface area contributed by atoms with E-state index in [0.29, 0.717) is 23.3 Å². The first-order valence-electron chi connectivity index (χ1n) is 9.89. The van der Waals surface area contributed by atoms with E-state index in [0.717, 1.165) is 36.3 Å². The van der Waals surface area contributed by atoms with Crippen LogP contribution >= 0.6 is 0 Å². The van der Waals surface area contributed by atoms with Gasteiger partial charge in [-0.15, -0.1) is 0 Å². The summed E-state index contributed by atoms with van der Waals surface area (Å²) in [5.74, 6) is 3.15. The third-order valence-corrected chi connectivity index (χ3v) is 5.53. The summed E-state index contributed by atoms with van der Waals surface area (Å²) >= 11 is 0. The zero-order valence-electron chi connectivity index (χ0n) is 17.8. The molecule has 30 heavy (non-hydrogen) atoms. The molecule has 0 amide bonds. The third kappa shape index (κ3) is 3.60. The maximum absolute atomic E-state index is 6.26. The summed E-state index contributed by atoms with van der Waals surface area (Å²) < 4.78 is 16.0. The van der Waals surface area contributed by atoms with Gasteiger partial charge in [0.15, 0.2) is 11.5 Å². The molecular weight excluding hydrogens is 382 g/mol. The number of piperazine rings is 1. The first kappa shape index (κ1) is 19.9. The summed E-state index contributed by atoms with van der Waals surface area (Å²) in [6.07, 6.45) is 0. The molecule has 0 bridgehead atoms. The number of nitrogens with zero attached hydrogens (tertiary/aromatic N) is 4. The smallest absolute Gasteiger partial charge is 0.228 e. The monoisotopic (exact) mass is 409 g/mol. The fraction of sp³-hybridized carbons (Fsp3) is 0.364. The average Bonchev–Trinajstić information content (AvgIpc) is 2.78. The molecule has 158 valence electrons. The van der Waals surface area contributed by atoms with Crippen molar-refractivity contribution in [3.05, 3.63) is 36.4 Å². The predicted octanol–water partition coefficient (Wildman–Crippen LogP) is 2.95.